The summed E-state index contributed by atoms with van der Waals surface area (Å²) in [4.78, 5) is 17.3. The van der Waals surface area contributed by atoms with Gasteiger partial charge in [0, 0.05) is 11.6 Å². The molecule has 0 aliphatic rings. The van der Waals surface area contributed by atoms with E-state index in [0.29, 0.717) is 29.2 Å². The summed E-state index contributed by atoms with van der Waals surface area (Å²) in [7, 11) is 1.57. The Hall–Kier alpha value is -3.86. The number of carbonyl (C=O) groups excluding carboxylic acids is 1. The molecule has 0 aliphatic carbocycles. The van der Waals surface area contributed by atoms with Crippen molar-refractivity contribution in [2.45, 2.75) is 39.5 Å². The van der Waals surface area contributed by atoms with Gasteiger partial charge in [-0.3, -0.25) is 4.79 Å². The number of rotatable bonds is 7. The molecule has 1 heterocycles. The number of hydrogen-bond acceptors (Lipinski definition) is 4. The highest BCUT2D eigenvalue weighted by Gasteiger charge is 2.14. The number of hydrogen-bond donors (Lipinski definition) is 1. The maximum Gasteiger partial charge on any atom is 0.248 e. The van der Waals surface area contributed by atoms with Gasteiger partial charge >= 0.3 is 0 Å². The second kappa shape index (κ2) is 9.96. The summed E-state index contributed by atoms with van der Waals surface area (Å²) in [6.07, 6.45) is 3.31. The molecule has 1 aromatic heterocycles. The monoisotopic (exact) mass is 454 g/mol. The number of anilines is 1. The molecular weight excluding hydrogens is 424 g/mol. The van der Waals surface area contributed by atoms with E-state index in [1.165, 1.54) is 17.2 Å². The molecule has 0 saturated carbocycles. The van der Waals surface area contributed by atoms with E-state index in [0.717, 1.165) is 22.2 Å². The van der Waals surface area contributed by atoms with E-state index < -0.39 is 0 Å². The third-order valence-electron chi connectivity index (χ3n) is 5.81. The number of nitrogens with one attached hydrogen (secondary N) is 1. The van der Waals surface area contributed by atoms with Crippen molar-refractivity contribution in [1.82, 2.24) is 4.98 Å². The highest BCUT2D eigenvalue weighted by Crippen LogP contribution is 2.32. The van der Waals surface area contributed by atoms with Gasteiger partial charge in [0.05, 0.1) is 12.8 Å². The van der Waals surface area contributed by atoms with Crippen molar-refractivity contribution in [3.63, 3.8) is 0 Å². The van der Waals surface area contributed by atoms with Crippen molar-refractivity contribution in [2.75, 3.05) is 12.4 Å². The molecule has 0 saturated heterocycles. The second-order valence-corrected chi connectivity index (χ2v) is 8.96. The topological polar surface area (TPSA) is 64.4 Å². The largest absolute Gasteiger partial charge is 0.495 e. The maximum atomic E-state index is 12.6. The Morgan fingerprint density at radius 3 is 2.32 bits per heavy atom. The summed E-state index contributed by atoms with van der Waals surface area (Å²) in [5, 5.41) is 2.91. The summed E-state index contributed by atoms with van der Waals surface area (Å²) in [6.45, 7) is 8.61. The van der Waals surface area contributed by atoms with Gasteiger partial charge in [0.1, 0.15) is 11.3 Å². The first kappa shape index (κ1) is 23.3. The van der Waals surface area contributed by atoms with E-state index in [1.807, 2.05) is 30.3 Å². The van der Waals surface area contributed by atoms with E-state index in [1.54, 1.807) is 19.3 Å². The number of benzene rings is 3. The Morgan fingerprint density at radius 1 is 0.941 bits per heavy atom. The number of fused-ring (bicyclic) bond motifs is 1. The minimum atomic E-state index is -0.248. The van der Waals surface area contributed by atoms with Crippen LogP contribution in [0.25, 0.3) is 28.6 Å². The molecule has 0 aliphatic heterocycles. The van der Waals surface area contributed by atoms with Gasteiger partial charge in [0.15, 0.2) is 5.58 Å². The zero-order valence-electron chi connectivity index (χ0n) is 20.3. The lowest BCUT2D eigenvalue weighted by molar-refractivity contribution is -0.111. The molecule has 34 heavy (non-hydrogen) atoms. The Bertz CT molecular complexity index is 1330. The van der Waals surface area contributed by atoms with Crippen LogP contribution in [0.2, 0.25) is 0 Å². The second-order valence-electron chi connectivity index (χ2n) is 8.96. The Kier molecular flexibility index (Phi) is 6.82. The summed E-state index contributed by atoms with van der Waals surface area (Å²) in [5.41, 5.74) is 6.29. The molecule has 0 spiro atoms. The normalized spacial score (nSPS) is 11.6. The molecule has 174 valence electrons. The average molecular weight is 455 g/mol. The molecule has 3 aromatic carbocycles. The highest BCUT2D eigenvalue weighted by atomic mass is 16.5. The van der Waals surface area contributed by atoms with E-state index in [9.17, 15) is 4.79 Å². The molecule has 1 N–H and O–H groups in total. The van der Waals surface area contributed by atoms with Crippen LogP contribution in [0.1, 0.15) is 56.2 Å². The molecule has 0 fully saturated rings. The highest BCUT2D eigenvalue weighted by molar-refractivity contribution is 6.03. The van der Waals surface area contributed by atoms with E-state index >= 15 is 0 Å². The fourth-order valence-electron chi connectivity index (χ4n) is 3.70. The van der Waals surface area contributed by atoms with E-state index in [2.05, 4.69) is 62.3 Å². The Balaban J connectivity index is 1.55. The van der Waals surface area contributed by atoms with Crippen molar-refractivity contribution in [1.29, 1.82) is 0 Å². The van der Waals surface area contributed by atoms with Crippen molar-refractivity contribution in [3.05, 3.63) is 83.4 Å². The number of methoxy groups -OCH3 is 1. The summed E-state index contributed by atoms with van der Waals surface area (Å²) in [6, 6.07) is 19.7. The summed E-state index contributed by atoms with van der Waals surface area (Å²) >= 11 is 0. The quantitative estimate of drug-likeness (QED) is 0.295. The van der Waals surface area contributed by atoms with Gasteiger partial charge in [-0.2, -0.15) is 0 Å². The standard InChI is InChI=1S/C29H30N2O3/c1-18(2)21-9-6-20(7-10-21)8-15-28(32)30-24-17-23(12-13-26(24)33-5)29-31-25-16-22(19(3)4)11-14-27(25)34-29/h6-19H,1-5H3,(H,30,32)/b15-8+. The van der Waals surface area contributed by atoms with E-state index in [-0.39, 0.29) is 5.91 Å². The van der Waals surface area contributed by atoms with Crippen LogP contribution >= 0.6 is 0 Å². The lowest BCUT2D eigenvalue weighted by atomic mass is 10.0. The molecule has 5 nitrogen and oxygen atoms in total. The van der Waals surface area contributed by atoms with Crippen LogP contribution in [0.15, 0.2) is 71.2 Å². The van der Waals surface area contributed by atoms with Gasteiger partial charge in [-0.25, -0.2) is 4.98 Å². The minimum Gasteiger partial charge on any atom is -0.495 e. The number of aromatic nitrogens is 1. The van der Waals surface area contributed by atoms with Crippen LogP contribution in [0, 0.1) is 0 Å². The summed E-state index contributed by atoms with van der Waals surface area (Å²) < 4.78 is 11.4. The zero-order chi connectivity index (χ0) is 24.2. The van der Waals surface area contributed by atoms with Gasteiger partial charge in [0.25, 0.3) is 0 Å². The first-order valence-electron chi connectivity index (χ1n) is 11.5. The fourth-order valence-corrected chi connectivity index (χ4v) is 3.70. The molecular formula is C29H30N2O3. The van der Waals surface area contributed by atoms with Crippen molar-refractivity contribution in [2.24, 2.45) is 0 Å². The van der Waals surface area contributed by atoms with Gasteiger partial charge < -0.3 is 14.5 Å². The number of oxazole rings is 1. The van der Waals surface area contributed by atoms with Crippen LogP contribution in [-0.4, -0.2) is 18.0 Å². The van der Waals surface area contributed by atoms with Crippen molar-refractivity contribution in [3.8, 4) is 17.2 Å². The number of ether oxygens (including phenoxy) is 1. The first-order valence-corrected chi connectivity index (χ1v) is 11.5. The molecule has 0 radical (unpaired) electrons. The van der Waals surface area contributed by atoms with Crippen LogP contribution in [0.4, 0.5) is 5.69 Å². The zero-order valence-corrected chi connectivity index (χ0v) is 20.3. The molecule has 0 unspecified atom stereocenters. The Labute approximate surface area is 200 Å². The van der Waals surface area contributed by atoms with E-state index in [4.69, 9.17) is 9.15 Å². The summed E-state index contributed by atoms with van der Waals surface area (Å²) in [5.74, 6) is 1.69. The van der Waals surface area contributed by atoms with Crippen LogP contribution < -0.4 is 10.1 Å². The predicted octanol–water partition coefficient (Wildman–Crippen LogP) is 7.40. The van der Waals surface area contributed by atoms with Crippen LogP contribution in [-0.2, 0) is 4.79 Å². The predicted molar refractivity (Wildman–Crippen MR) is 138 cm³/mol. The number of carbonyl (C=O) groups is 1. The SMILES string of the molecule is COc1ccc(-c2nc3cc(C(C)C)ccc3o2)cc1NC(=O)/C=C/c1ccc(C(C)C)cc1. The van der Waals surface area contributed by atoms with Gasteiger partial charge in [-0.15, -0.1) is 0 Å². The lowest BCUT2D eigenvalue weighted by Crippen LogP contribution is -2.09. The molecule has 4 aromatic rings. The smallest absolute Gasteiger partial charge is 0.248 e. The molecule has 1 amide bonds. The first-order chi connectivity index (χ1) is 16.3. The third-order valence-corrected chi connectivity index (χ3v) is 5.81. The Morgan fingerprint density at radius 2 is 1.65 bits per heavy atom. The van der Waals surface area contributed by atoms with Crippen LogP contribution in [0.3, 0.4) is 0 Å². The maximum absolute atomic E-state index is 12.6. The fraction of sp³-hybridized carbons (Fsp3) is 0.241. The minimum absolute atomic E-state index is 0.248. The lowest BCUT2D eigenvalue weighted by Gasteiger charge is -2.10. The molecule has 4 rings (SSSR count). The number of amides is 1. The van der Waals surface area contributed by atoms with Gasteiger partial charge in [-0.1, -0.05) is 58.0 Å². The van der Waals surface area contributed by atoms with Gasteiger partial charge in [-0.05, 0) is 64.9 Å². The third kappa shape index (κ3) is 5.20. The average Bonchev–Trinajstić information content (AvgIpc) is 3.26. The van der Waals surface area contributed by atoms with Gasteiger partial charge in [0.2, 0.25) is 11.8 Å². The molecule has 5 heteroatoms. The van der Waals surface area contributed by atoms with Crippen molar-refractivity contribution < 1.29 is 13.9 Å². The molecule has 0 bridgehead atoms. The van der Waals surface area contributed by atoms with Crippen LogP contribution in [0.5, 0.6) is 5.75 Å². The molecule has 0 atom stereocenters. The number of nitrogens with zero attached hydrogens (tertiary/aromatic N) is 1. The van der Waals surface area contributed by atoms with Crippen molar-refractivity contribution >= 4 is 28.8 Å².